The molecule has 0 saturated carbocycles. The van der Waals surface area contributed by atoms with Gasteiger partial charge in [0.2, 0.25) is 0 Å². The van der Waals surface area contributed by atoms with Gasteiger partial charge in [0.25, 0.3) is 11.5 Å². The minimum Gasteiger partial charge on any atom is -0.270 e. The molecule has 156 valence electrons. The lowest BCUT2D eigenvalue weighted by atomic mass is 10.1. The summed E-state index contributed by atoms with van der Waals surface area (Å²) >= 11 is 6.35. The average molecular weight is 443 g/mol. The molecule has 0 unspecified atom stereocenters. The smallest absolute Gasteiger partial charge is 0.270 e. The van der Waals surface area contributed by atoms with E-state index in [1.807, 2.05) is 30.3 Å². The van der Waals surface area contributed by atoms with Gasteiger partial charge >= 0.3 is 0 Å². The quantitative estimate of drug-likeness (QED) is 0.439. The predicted octanol–water partition coefficient (Wildman–Crippen LogP) is 3.89. The molecule has 0 radical (unpaired) electrons. The van der Waals surface area contributed by atoms with E-state index in [9.17, 15) is 9.59 Å². The van der Waals surface area contributed by atoms with Crippen LogP contribution in [-0.4, -0.2) is 30.7 Å². The van der Waals surface area contributed by atoms with E-state index in [-0.39, 0.29) is 11.3 Å². The van der Waals surface area contributed by atoms with Gasteiger partial charge in [0, 0.05) is 23.5 Å². The number of hydrogen-bond acceptors (Lipinski definition) is 5. The number of rotatable bonds is 4. The summed E-state index contributed by atoms with van der Waals surface area (Å²) in [5.41, 5.74) is 4.67. The molecule has 0 atom stereocenters. The van der Waals surface area contributed by atoms with E-state index < -0.39 is 11.5 Å². The van der Waals surface area contributed by atoms with Crippen LogP contribution in [0.4, 0.5) is 0 Å². The summed E-state index contributed by atoms with van der Waals surface area (Å²) in [5, 5.41) is 7.52. The molecule has 2 aromatic carbocycles. The van der Waals surface area contributed by atoms with Crippen molar-refractivity contribution in [1.29, 1.82) is 0 Å². The van der Waals surface area contributed by atoms with Gasteiger partial charge in [-0.25, -0.2) is 4.98 Å². The second-order valence-corrected chi connectivity index (χ2v) is 7.31. The number of halogens is 1. The van der Waals surface area contributed by atoms with Crippen LogP contribution in [0.5, 0.6) is 0 Å². The van der Waals surface area contributed by atoms with E-state index in [1.165, 1.54) is 6.20 Å². The van der Waals surface area contributed by atoms with Crippen LogP contribution in [0.1, 0.15) is 10.4 Å². The summed E-state index contributed by atoms with van der Waals surface area (Å²) in [6, 6.07) is 19.5. The number of carbonyl (C=O) groups is 1. The number of aromatic nitrogens is 5. The van der Waals surface area contributed by atoms with E-state index in [0.717, 1.165) is 4.68 Å². The van der Waals surface area contributed by atoms with Crippen LogP contribution in [-0.2, 0) is 0 Å². The third-order valence-electron chi connectivity index (χ3n) is 4.89. The third-order valence-corrected chi connectivity index (χ3v) is 5.21. The topological polar surface area (TPSA) is 106 Å². The van der Waals surface area contributed by atoms with Crippen molar-refractivity contribution in [2.75, 3.05) is 5.43 Å². The minimum absolute atomic E-state index is 0.145. The molecule has 0 aliphatic carbocycles. The van der Waals surface area contributed by atoms with Crippen LogP contribution in [0, 0.1) is 0 Å². The van der Waals surface area contributed by atoms with Crippen LogP contribution in [0.15, 0.2) is 83.9 Å². The Labute approximate surface area is 186 Å². The van der Waals surface area contributed by atoms with E-state index in [1.54, 1.807) is 42.6 Å². The van der Waals surface area contributed by atoms with Crippen LogP contribution >= 0.6 is 11.6 Å². The maximum absolute atomic E-state index is 13.4. The molecular formula is C23H15ClN6O2. The molecule has 0 aliphatic heterocycles. The number of pyridine rings is 1. The highest BCUT2D eigenvalue weighted by atomic mass is 35.5. The normalized spacial score (nSPS) is 10.9. The molecule has 0 spiro atoms. The number of amides is 1. The third kappa shape index (κ3) is 3.42. The molecule has 0 aliphatic rings. The molecule has 9 heteroatoms. The van der Waals surface area contributed by atoms with Crippen LogP contribution in [0.3, 0.4) is 0 Å². The highest BCUT2D eigenvalue weighted by Crippen LogP contribution is 2.30. The summed E-state index contributed by atoms with van der Waals surface area (Å²) in [4.78, 5) is 34.8. The van der Waals surface area contributed by atoms with Gasteiger partial charge < -0.3 is 0 Å². The van der Waals surface area contributed by atoms with Crippen LogP contribution in [0.25, 0.3) is 33.7 Å². The van der Waals surface area contributed by atoms with Crippen molar-refractivity contribution in [1.82, 2.24) is 24.8 Å². The molecule has 1 amide bonds. The monoisotopic (exact) mass is 442 g/mol. The Kier molecular flexibility index (Phi) is 4.97. The summed E-state index contributed by atoms with van der Waals surface area (Å²) in [5.74, 6) is -0.237. The zero-order chi connectivity index (χ0) is 22.1. The predicted molar refractivity (Wildman–Crippen MR) is 122 cm³/mol. The van der Waals surface area contributed by atoms with Gasteiger partial charge in [-0.15, -0.1) is 0 Å². The lowest BCUT2D eigenvalue weighted by Gasteiger charge is -2.13. The van der Waals surface area contributed by atoms with Gasteiger partial charge in [-0.2, -0.15) is 9.77 Å². The Morgan fingerprint density at radius 1 is 1.00 bits per heavy atom. The first-order valence-electron chi connectivity index (χ1n) is 9.66. The number of nitrogens with zero attached hydrogens (tertiary/aromatic N) is 4. The van der Waals surface area contributed by atoms with Crippen LogP contribution < -0.4 is 11.0 Å². The largest absolute Gasteiger partial charge is 0.298 e. The zero-order valence-corrected chi connectivity index (χ0v) is 17.2. The fraction of sp³-hybridized carbons (Fsp3) is 0. The highest BCUT2D eigenvalue weighted by molar-refractivity contribution is 6.33. The van der Waals surface area contributed by atoms with Crippen molar-refractivity contribution in [2.24, 2.45) is 0 Å². The van der Waals surface area contributed by atoms with Gasteiger partial charge in [-0.05, 0) is 18.2 Å². The van der Waals surface area contributed by atoms with Crippen molar-refractivity contribution in [3.8, 4) is 22.6 Å². The van der Waals surface area contributed by atoms with Crippen molar-refractivity contribution >= 4 is 28.5 Å². The zero-order valence-electron chi connectivity index (χ0n) is 16.5. The number of benzene rings is 2. The molecule has 0 fully saturated rings. The van der Waals surface area contributed by atoms with E-state index in [2.05, 4.69) is 20.6 Å². The van der Waals surface area contributed by atoms with Crippen LogP contribution in [0.2, 0.25) is 5.02 Å². The van der Waals surface area contributed by atoms with E-state index in [0.29, 0.717) is 32.9 Å². The molecule has 0 bridgehead atoms. The number of carbonyl (C=O) groups excluding carboxylic acids is 1. The number of hydrogen-bond donors (Lipinski definition) is 2. The van der Waals surface area contributed by atoms with E-state index in [4.69, 9.17) is 16.6 Å². The molecule has 32 heavy (non-hydrogen) atoms. The van der Waals surface area contributed by atoms with Gasteiger partial charge in [0.1, 0.15) is 11.2 Å². The van der Waals surface area contributed by atoms with E-state index >= 15 is 0 Å². The minimum atomic E-state index is -0.503. The number of nitrogens with one attached hydrogen (secondary N) is 2. The summed E-state index contributed by atoms with van der Waals surface area (Å²) in [6.45, 7) is 0. The van der Waals surface area contributed by atoms with Gasteiger partial charge in [-0.1, -0.05) is 60.1 Å². The van der Waals surface area contributed by atoms with Crippen molar-refractivity contribution in [3.05, 3.63) is 100 Å². The highest BCUT2D eigenvalue weighted by Gasteiger charge is 2.21. The number of H-pyrrole nitrogens is 1. The van der Waals surface area contributed by atoms with Gasteiger partial charge in [0.05, 0.1) is 10.6 Å². The molecular weight excluding hydrogens is 428 g/mol. The lowest BCUT2D eigenvalue weighted by Crippen LogP contribution is -2.35. The standard InChI is InChI=1S/C23H15ClN6O2/c24-17-11-5-4-10-16(17)18-19-20(28-27-18)23(32)30(21(26-19)14-7-2-1-3-8-14)29-22(31)15-9-6-12-25-13-15/h1-13H,(H,27,28)(H,29,31). The molecule has 8 nitrogen and oxygen atoms in total. The average Bonchev–Trinajstić information content (AvgIpc) is 3.26. The molecule has 3 aromatic heterocycles. The second-order valence-electron chi connectivity index (χ2n) is 6.90. The summed E-state index contributed by atoms with van der Waals surface area (Å²) in [6.07, 6.45) is 2.98. The number of fused-ring (bicyclic) bond motifs is 1. The Morgan fingerprint density at radius 2 is 1.78 bits per heavy atom. The fourth-order valence-corrected chi connectivity index (χ4v) is 3.57. The summed E-state index contributed by atoms with van der Waals surface area (Å²) in [7, 11) is 0. The molecule has 5 aromatic rings. The van der Waals surface area contributed by atoms with Gasteiger partial charge in [0.15, 0.2) is 11.3 Å². The van der Waals surface area contributed by atoms with Crippen molar-refractivity contribution in [3.63, 3.8) is 0 Å². The molecule has 2 N–H and O–H groups in total. The van der Waals surface area contributed by atoms with Crippen molar-refractivity contribution in [2.45, 2.75) is 0 Å². The Balaban J connectivity index is 1.73. The summed E-state index contributed by atoms with van der Waals surface area (Å²) < 4.78 is 1.11. The SMILES string of the molecule is O=C(Nn1c(-c2ccccc2)nc2c(-c3ccccc3Cl)n[nH]c2c1=O)c1cccnc1. The maximum Gasteiger partial charge on any atom is 0.298 e. The Morgan fingerprint density at radius 3 is 2.53 bits per heavy atom. The molecule has 3 heterocycles. The fourth-order valence-electron chi connectivity index (χ4n) is 3.35. The molecule has 0 saturated heterocycles. The molecule has 5 rings (SSSR count). The first-order valence-corrected chi connectivity index (χ1v) is 10.0. The van der Waals surface area contributed by atoms with Gasteiger partial charge in [-0.3, -0.25) is 25.1 Å². The number of aromatic amines is 1. The second kappa shape index (κ2) is 8.09. The maximum atomic E-state index is 13.4. The van der Waals surface area contributed by atoms with Crippen molar-refractivity contribution < 1.29 is 4.79 Å². The Bertz CT molecular complexity index is 1500. The lowest BCUT2D eigenvalue weighted by molar-refractivity contribution is 0.101. The first kappa shape index (κ1) is 19.7. The Hall–Kier alpha value is -4.30. The first-order chi connectivity index (χ1) is 15.6.